The van der Waals surface area contributed by atoms with E-state index >= 15 is 0 Å². The van der Waals surface area contributed by atoms with Crippen LogP contribution in [-0.2, 0) is 22.4 Å². The average molecular weight is 518 g/mol. The van der Waals surface area contributed by atoms with Crippen molar-refractivity contribution in [3.8, 4) is 11.5 Å². The van der Waals surface area contributed by atoms with Gasteiger partial charge in [0.05, 0.1) is 26.2 Å². The Hall–Kier alpha value is -4.27. The van der Waals surface area contributed by atoms with Crippen LogP contribution in [0, 0.1) is 0 Å². The van der Waals surface area contributed by atoms with E-state index in [1.165, 1.54) is 7.11 Å². The van der Waals surface area contributed by atoms with Gasteiger partial charge in [0, 0.05) is 35.2 Å². The molecule has 4 aromatic rings. The lowest BCUT2D eigenvalue weighted by Gasteiger charge is -2.32. The van der Waals surface area contributed by atoms with E-state index in [0.29, 0.717) is 34.5 Å². The molecule has 0 spiro atoms. The summed E-state index contributed by atoms with van der Waals surface area (Å²) >= 11 is 0. The van der Waals surface area contributed by atoms with Crippen LogP contribution >= 0.6 is 0 Å². The molecule has 5 rings (SSSR count). The van der Waals surface area contributed by atoms with E-state index < -0.39 is 11.9 Å². The number of esters is 1. The van der Waals surface area contributed by atoms with Crippen molar-refractivity contribution in [1.82, 2.24) is 15.2 Å². The van der Waals surface area contributed by atoms with E-state index in [-0.39, 0.29) is 23.1 Å². The van der Waals surface area contributed by atoms with Crippen LogP contribution in [0.1, 0.15) is 60.6 Å². The molecule has 0 unspecified atom stereocenters. The lowest BCUT2D eigenvalue weighted by atomic mass is 9.87. The molecule has 0 radical (unpaired) electrons. The summed E-state index contributed by atoms with van der Waals surface area (Å²) < 4.78 is 16.3. The third-order valence-electron chi connectivity index (χ3n) is 7.19. The van der Waals surface area contributed by atoms with Crippen LogP contribution in [0.3, 0.4) is 0 Å². The Morgan fingerprint density at radius 2 is 1.87 bits per heavy atom. The molecule has 3 heterocycles. The molecule has 3 N–H and O–H groups in total. The number of ether oxygens (including phenoxy) is 3. The summed E-state index contributed by atoms with van der Waals surface area (Å²) in [7, 11) is 2.84. The fraction of sp³-hybridized carbons (Fsp3) is 0.345. The number of methoxy groups -OCH3 is 2. The van der Waals surface area contributed by atoms with Gasteiger partial charge in [0.25, 0.3) is 11.1 Å². The third kappa shape index (κ3) is 4.96. The number of benzene rings is 2. The lowest BCUT2D eigenvalue weighted by Crippen LogP contribution is -2.32. The minimum Gasteiger partial charge on any atom is -0.497 e. The van der Waals surface area contributed by atoms with Crippen LogP contribution in [-0.4, -0.2) is 41.0 Å². The maximum absolute atomic E-state index is 13.2. The number of hydrogen-bond donors (Lipinski definition) is 3. The number of fused-ring (bicyclic) bond motifs is 2. The predicted octanol–water partition coefficient (Wildman–Crippen LogP) is 3.94. The number of carbonyl (C=O) groups excluding carboxylic acids is 1. The van der Waals surface area contributed by atoms with Crippen molar-refractivity contribution < 1.29 is 19.0 Å². The Morgan fingerprint density at radius 3 is 2.63 bits per heavy atom. The maximum atomic E-state index is 13.2. The number of nitrogens with one attached hydrogen (secondary N) is 3. The highest BCUT2D eigenvalue weighted by atomic mass is 16.5. The van der Waals surface area contributed by atoms with E-state index in [1.54, 1.807) is 25.3 Å². The third-order valence-corrected chi connectivity index (χ3v) is 7.19. The van der Waals surface area contributed by atoms with Gasteiger partial charge in [0.1, 0.15) is 17.1 Å². The summed E-state index contributed by atoms with van der Waals surface area (Å²) in [5.74, 6) is 0.139. The number of hydrogen-bond acceptors (Lipinski definition) is 6. The molecule has 2 aromatic heterocycles. The van der Waals surface area contributed by atoms with Gasteiger partial charge in [-0.25, -0.2) is 0 Å². The van der Waals surface area contributed by atoms with Crippen LogP contribution in [0.15, 0.2) is 52.1 Å². The number of H-pyrrole nitrogens is 3. The molecule has 0 amide bonds. The van der Waals surface area contributed by atoms with E-state index in [1.807, 2.05) is 18.2 Å². The lowest BCUT2D eigenvalue weighted by molar-refractivity contribution is -0.140. The molecular formula is C29H31N3O6. The SMILES string of the molecule is COC(=O)C[C@@H](c1cc2ccc(OC)cc2[nH]c1=O)c1c(Cc2ccc3c(c2)CCC(C)(C)O3)[nH][nH]c1=O. The van der Waals surface area contributed by atoms with Gasteiger partial charge in [-0.15, -0.1) is 0 Å². The standard InChI is InChI=1S/C29H31N3O6/c1-29(2)10-9-18-11-16(5-8-24(18)38-29)12-23-26(28(35)32-31-23)20(15-25(33)37-4)21-13-17-6-7-19(36-3)14-22(17)30-27(21)34/h5-8,11,13-14,20H,9-10,12,15H2,1-4H3,(H,30,34)(H2,31,32,35)/t20-/m0/s1. The minimum atomic E-state index is -0.815. The van der Waals surface area contributed by atoms with Crippen LogP contribution < -0.4 is 20.6 Å². The first-order valence-corrected chi connectivity index (χ1v) is 12.6. The largest absolute Gasteiger partial charge is 0.497 e. The smallest absolute Gasteiger partial charge is 0.306 e. The van der Waals surface area contributed by atoms with Gasteiger partial charge in [-0.2, -0.15) is 0 Å². The molecule has 2 aromatic carbocycles. The van der Waals surface area contributed by atoms with Gasteiger partial charge >= 0.3 is 5.97 Å². The van der Waals surface area contributed by atoms with Gasteiger partial charge < -0.3 is 24.3 Å². The fourth-order valence-electron chi connectivity index (χ4n) is 5.14. The predicted molar refractivity (Wildman–Crippen MR) is 143 cm³/mol. The van der Waals surface area contributed by atoms with Crippen LogP contribution in [0.25, 0.3) is 10.9 Å². The molecule has 0 saturated carbocycles. The second kappa shape index (κ2) is 9.89. The Morgan fingerprint density at radius 1 is 1.05 bits per heavy atom. The first-order valence-electron chi connectivity index (χ1n) is 12.6. The molecule has 0 bridgehead atoms. The second-order valence-electron chi connectivity index (χ2n) is 10.3. The zero-order chi connectivity index (χ0) is 27.0. The van der Waals surface area contributed by atoms with Gasteiger partial charge in [-0.1, -0.05) is 12.1 Å². The van der Waals surface area contributed by atoms with Gasteiger partial charge in [-0.3, -0.25) is 19.5 Å². The molecule has 1 atom stereocenters. The van der Waals surface area contributed by atoms with Crippen LogP contribution in [0.5, 0.6) is 11.5 Å². The van der Waals surface area contributed by atoms with E-state index in [4.69, 9.17) is 14.2 Å². The Bertz CT molecular complexity index is 1630. The highest BCUT2D eigenvalue weighted by Gasteiger charge is 2.29. The minimum absolute atomic E-state index is 0.164. The van der Waals surface area contributed by atoms with Crippen molar-refractivity contribution in [2.75, 3.05) is 14.2 Å². The summed E-state index contributed by atoms with van der Waals surface area (Å²) in [6.07, 6.45) is 2.05. The summed E-state index contributed by atoms with van der Waals surface area (Å²) in [5.41, 5.74) is 2.98. The molecule has 198 valence electrons. The van der Waals surface area contributed by atoms with Crippen molar-refractivity contribution in [1.29, 1.82) is 0 Å². The molecule has 38 heavy (non-hydrogen) atoms. The first-order chi connectivity index (χ1) is 18.2. The molecular weight excluding hydrogens is 486 g/mol. The molecule has 0 saturated heterocycles. The number of rotatable bonds is 7. The average Bonchev–Trinajstić information content (AvgIpc) is 3.25. The second-order valence-corrected chi connectivity index (χ2v) is 10.3. The topological polar surface area (TPSA) is 126 Å². The number of carbonyl (C=O) groups is 1. The summed E-state index contributed by atoms with van der Waals surface area (Å²) in [6.45, 7) is 4.15. The number of pyridine rings is 1. The summed E-state index contributed by atoms with van der Waals surface area (Å²) in [5, 5.41) is 6.39. The van der Waals surface area contributed by atoms with Crippen LogP contribution in [0.2, 0.25) is 0 Å². The van der Waals surface area contributed by atoms with E-state index in [9.17, 15) is 14.4 Å². The Balaban J connectivity index is 1.56. The summed E-state index contributed by atoms with van der Waals surface area (Å²) in [6, 6.07) is 13.1. The van der Waals surface area contributed by atoms with Gasteiger partial charge in [-0.05, 0) is 67.5 Å². The zero-order valence-corrected chi connectivity index (χ0v) is 21.9. The van der Waals surface area contributed by atoms with Crippen molar-refractivity contribution >= 4 is 16.9 Å². The molecule has 9 heteroatoms. The van der Waals surface area contributed by atoms with E-state index in [2.05, 4.69) is 35.1 Å². The summed E-state index contributed by atoms with van der Waals surface area (Å²) in [4.78, 5) is 41.7. The number of aromatic amines is 3. The van der Waals surface area contributed by atoms with Crippen LogP contribution in [0.4, 0.5) is 0 Å². The molecule has 0 aliphatic carbocycles. The fourth-order valence-corrected chi connectivity index (χ4v) is 5.14. The highest BCUT2D eigenvalue weighted by molar-refractivity contribution is 5.81. The zero-order valence-electron chi connectivity index (χ0n) is 21.9. The molecule has 1 aliphatic heterocycles. The Kier molecular flexibility index (Phi) is 6.60. The molecule has 9 nitrogen and oxygen atoms in total. The van der Waals surface area contributed by atoms with Crippen molar-refractivity contribution in [3.63, 3.8) is 0 Å². The maximum Gasteiger partial charge on any atom is 0.306 e. The van der Waals surface area contributed by atoms with Gasteiger partial charge in [0.2, 0.25) is 0 Å². The normalized spacial score (nSPS) is 14.9. The monoisotopic (exact) mass is 517 g/mol. The number of aromatic nitrogens is 3. The first kappa shape index (κ1) is 25.4. The molecule has 1 aliphatic rings. The number of aryl methyl sites for hydroxylation is 1. The van der Waals surface area contributed by atoms with Crippen molar-refractivity contribution in [3.05, 3.63) is 91.1 Å². The van der Waals surface area contributed by atoms with Crippen molar-refractivity contribution in [2.24, 2.45) is 0 Å². The quantitative estimate of drug-likeness (QED) is 0.319. The highest BCUT2D eigenvalue weighted by Crippen LogP contribution is 2.35. The van der Waals surface area contributed by atoms with E-state index in [0.717, 1.165) is 35.1 Å². The molecule has 0 fully saturated rings. The Labute approximate surface area is 219 Å². The van der Waals surface area contributed by atoms with Crippen molar-refractivity contribution in [2.45, 2.75) is 51.0 Å². The van der Waals surface area contributed by atoms with Gasteiger partial charge in [0.15, 0.2) is 0 Å².